The summed E-state index contributed by atoms with van der Waals surface area (Å²) in [5.41, 5.74) is 0.706. The van der Waals surface area contributed by atoms with Crippen LogP contribution in [0.15, 0.2) is 18.2 Å². The Morgan fingerprint density at radius 3 is 2.31 bits per heavy atom. The molecule has 0 fully saturated rings. The van der Waals surface area contributed by atoms with Crippen LogP contribution in [0.1, 0.15) is 38.2 Å². The average Bonchev–Trinajstić information content (AvgIpc) is 2.16. The Hall–Kier alpha value is -0.630. The number of halogens is 3. The van der Waals surface area contributed by atoms with Gasteiger partial charge in [-0.05, 0) is 43.4 Å². The van der Waals surface area contributed by atoms with Gasteiger partial charge in [0, 0.05) is 11.4 Å². The van der Waals surface area contributed by atoms with E-state index in [0.29, 0.717) is 12.0 Å². The van der Waals surface area contributed by atoms with Crippen LogP contribution in [0.3, 0.4) is 0 Å². The Bertz CT molecular complexity index is 305. The molecule has 0 aliphatic carbocycles. The molecule has 0 saturated carbocycles. The molecule has 0 saturated heterocycles. The van der Waals surface area contributed by atoms with Crippen molar-refractivity contribution < 1.29 is 8.78 Å². The van der Waals surface area contributed by atoms with Gasteiger partial charge in [-0.1, -0.05) is 13.3 Å². The van der Waals surface area contributed by atoms with Crippen LogP contribution in [-0.2, 0) is 6.42 Å². The minimum Gasteiger partial charge on any atom is -0.207 e. The van der Waals surface area contributed by atoms with Crippen LogP contribution < -0.4 is 0 Å². The fraction of sp³-hybridized carbons (Fsp3) is 0.538. The summed E-state index contributed by atoms with van der Waals surface area (Å²) in [6, 6.07) is 3.66. The summed E-state index contributed by atoms with van der Waals surface area (Å²) >= 11 is 6.06. The molecule has 1 unspecified atom stereocenters. The van der Waals surface area contributed by atoms with Crippen molar-refractivity contribution in [1.29, 1.82) is 0 Å². The van der Waals surface area contributed by atoms with E-state index in [-0.39, 0.29) is 5.38 Å². The van der Waals surface area contributed by atoms with Crippen LogP contribution in [0.25, 0.3) is 0 Å². The van der Waals surface area contributed by atoms with Crippen molar-refractivity contribution in [1.82, 2.24) is 0 Å². The third-order valence-electron chi connectivity index (χ3n) is 2.51. The van der Waals surface area contributed by atoms with Crippen molar-refractivity contribution in [2.75, 3.05) is 0 Å². The lowest BCUT2D eigenvalue weighted by atomic mass is 10.1. The van der Waals surface area contributed by atoms with Crippen LogP contribution in [0.5, 0.6) is 0 Å². The first-order valence-electron chi connectivity index (χ1n) is 5.71. The minimum atomic E-state index is -0.508. The minimum absolute atomic E-state index is 0.184. The van der Waals surface area contributed by atoms with E-state index in [0.717, 1.165) is 31.7 Å². The lowest BCUT2D eigenvalue weighted by molar-refractivity contribution is 0.576. The van der Waals surface area contributed by atoms with Gasteiger partial charge in [-0.15, -0.1) is 11.6 Å². The smallest absolute Gasteiger partial charge is 0.126 e. The number of alkyl halides is 1. The van der Waals surface area contributed by atoms with Gasteiger partial charge in [0.15, 0.2) is 0 Å². The second-order valence-corrected chi connectivity index (χ2v) is 4.67. The number of aryl methyl sites for hydroxylation is 1. The maximum atomic E-state index is 12.9. The standard InChI is InChI=1S/C13H17ClF2/c1-2-4-11(14)6-3-5-10-7-12(15)9-13(16)8-10/h7-9,11H,2-6H2,1H3. The third kappa shape index (κ3) is 4.93. The zero-order valence-electron chi connectivity index (χ0n) is 9.48. The van der Waals surface area contributed by atoms with Crippen LogP contribution in [0.2, 0.25) is 0 Å². The highest BCUT2D eigenvalue weighted by molar-refractivity contribution is 6.20. The lowest BCUT2D eigenvalue weighted by Crippen LogP contribution is -1.99. The van der Waals surface area contributed by atoms with Crippen LogP contribution in [-0.4, -0.2) is 5.38 Å². The summed E-state index contributed by atoms with van der Waals surface area (Å²) in [7, 11) is 0. The van der Waals surface area contributed by atoms with Crippen LogP contribution in [0, 0.1) is 11.6 Å². The quantitative estimate of drug-likeness (QED) is 0.639. The Balaban J connectivity index is 2.37. The molecule has 0 bridgehead atoms. The highest BCUT2D eigenvalue weighted by atomic mass is 35.5. The van der Waals surface area contributed by atoms with E-state index in [1.165, 1.54) is 12.1 Å². The fourth-order valence-corrected chi connectivity index (χ4v) is 2.11. The summed E-state index contributed by atoms with van der Waals surface area (Å²) in [4.78, 5) is 0. The van der Waals surface area contributed by atoms with Gasteiger partial charge in [0.25, 0.3) is 0 Å². The molecular weight excluding hydrogens is 230 g/mol. The zero-order valence-corrected chi connectivity index (χ0v) is 10.2. The molecular formula is C13H17ClF2. The molecule has 0 aliphatic heterocycles. The van der Waals surface area contributed by atoms with E-state index >= 15 is 0 Å². The van der Waals surface area contributed by atoms with Crippen LogP contribution in [0.4, 0.5) is 8.78 Å². The average molecular weight is 247 g/mol. The van der Waals surface area contributed by atoms with Crippen molar-refractivity contribution in [3.63, 3.8) is 0 Å². The summed E-state index contributed by atoms with van der Waals surface area (Å²) in [5, 5.41) is 0.184. The topological polar surface area (TPSA) is 0 Å². The second-order valence-electron chi connectivity index (χ2n) is 4.06. The van der Waals surface area contributed by atoms with E-state index in [9.17, 15) is 8.78 Å². The summed E-state index contributed by atoms with van der Waals surface area (Å²) in [6.45, 7) is 2.09. The maximum absolute atomic E-state index is 12.9. The molecule has 1 rings (SSSR count). The van der Waals surface area contributed by atoms with Crippen molar-refractivity contribution in [2.24, 2.45) is 0 Å². The van der Waals surface area contributed by atoms with Crippen LogP contribution >= 0.6 is 11.6 Å². The largest absolute Gasteiger partial charge is 0.207 e. The molecule has 0 aliphatic rings. The summed E-state index contributed by atoms with van der Waals surface area (Å²) in [6.07, 6.45) is 4.52. The normalized spacial score (nSPS) is 12.8. The molecule has 0 heterocycles. The third-order valence-corrected chi connectivity index (χ3v) is 2.94. The van der Waals surface area contributed by atoms with Crippen molar-refractivity contribution in [2.45, 2.75) is 44.4 Å². The first-order chi connectivity index (χ1) is 7.61. The molecule has 0 radical (unpaired) electrons. The van der Waals surface area contributed by atoms with E-state index in [1.807, 2.05) is 0 Å². The van der Waals surface area contributed by atoms with Gasteiger partial charge in [-0.3, -0.25) is 0 Å². The summed E-state index contributed by atoms with van der Waals surface area (Å²) in [5.74, 6) is -1.02. The van der Waals surface area contributed by atoms with E-state index in [2.05, 4.69) is 6.92 Å². The SMILES string of the molecule is CCCC(Cl)CCCc1cc(F)cc(F)c1. The van der Waals surface area contributed by atoms with Gasteiger partial charge >= 0.3 is 0 Å². The van der Waals surface area contributed by atoms with Gasteiger partial charge in [0.05, 0.1) is 0 Å². The number of benzene rings is 1. The van der Waals surface area contributed by atoms with Gasteiger partial charge in [0.1, 0.15) is 11.6 Å². The number of hydrogen-bond donors (Lipinski definition) is 0. The van der Waals surface area contributed by atoms with Gasteiger partial charge < -0.3 is 0 Å². The summed E-state index contributed by atoms with van der Waals surface area (Å²) < 4.78 is 25.7. The molecule has 16 heavy (non-hydrogen) atoms. The molecule has 0 nitrogen and oxygen atoms in total. The molecule has 1 aromatic rings. The van der Waals surface area contributed by atoms with Crippen molar-refractivity contribution >= 4 is 11.6 Å². The Morgan fingerprint density at radius 1 is 1.12 bits per heavy atom. The highest BCUT2D eigenvalue weighted by Gasteiger charge is 2.04. The lowest BCUT2D eigenvalue weighted by Gasteiger charge is -2.07. The zero-order chi connectivity index (χ0) is 12.0. The van der Waals surface area contributed by atoms with E-state index in [1.54, 1.807) is 0 Å². The van der Waals surface area contributed by atoms with E-state index < -0.39 is 11.6 Å². The Morgan fingerprint density at radius 2 is 1.75 bits per heavy atom. The van der Waals surface area contributed by atoms with E-state index in [4.69, 9.17) is 11.6 Å². The molecule has 0 amide bonds. The number of hydrogen-bond acceptors (Lipinski definition) is 0. The molecule has 1 aromatic carbocycles. The molecule has 0 aromatic heterocycles. The molecule has 1 atom stereocenters. The molecule has 90 valence electrons. The molecule has 0 N–H and O–H groups in total. The molecule has 0 spiro atoms. The van der Waals surface area contributed by atoms with Gasteiger partial charge in [-0.2, -0.15) is 0 Å². The van der Waals surface area contributed by atoms with Gasteiger partial charge in [-0.25, -0.2) is 8.78 Å². The highest BCUT2D eigenvalue weighted by Crippen LogP contribution is 2.15. The Kier molecular flexibility index (Phi) is 5.75. The van der Waals surface area contributed by atoms with Crippen molar-refractivity contribution in [3.8, 4) is 0 Å². The second kappa shape index (κ2) is 6.85. The van der Waals surface area contributed by atoms with Crippen molar-refractivity contribution in [3.05, 3.63) is 35.4 Å². The predicted molar refractivity (Wildman–Crippen MR) is 63.8 cm³/mol. The Labute approximate surface area is 101 Å². The first-order valence-corrected chi connectivity index (χ1v) is 6.14. The molecule has 3 heteroatoms. The first kappa shape index (κ1) is 13.4. The maximum Gasteiger partial charge on any atom is 0.126 e. The monoisotopic (exact) mass is 246 g/mol. The predicted octanol–water partition coefficient (Wildman–Crippen LogP) is 4.70. The number of rotatable bonds is 6. The fourth-order valence-electron chi connectivity index (χ4n) is 1.74. The van der Waals surface area contributed by atoms with Gasteiger partial charge in [0.2, 0.25) is 0 Å².